The maximum absolute atomic E-state index is 5.25. The molecule has 24 heavy (non-hydrogen) atoms. The Morgan fingerprint density at radius 2 is 2.12 bits per heavy atom. The zero-order valence-corrected chi connectivity index (χ0v) is 12.9. The number of hydrogen-bond donors (Lipinski definition) is 2. The molecule has 3 heterocycles. The van der Waals surface area contributed by atoms with Crippen LogP contribution in [0, 0.1) is 0 Å². The molecule has 0 radical (unpaired) electrons. The van der Waals surface area contributed by atoms with Crippen molar-refractivity contribution in [3.63, 3.8) is 0 Å². The van der Waals surface area contributed by atoms with Gasteiger partial charge in [-0.05, 0) is 36.8 Å². The molecule has 0 spiro atoms. The number of fused-ring (bicyclic) bond motifs is 3. The van der Waals surface area contributed by atoms with E-state index in [4.69, 9.17) is 4.42 Å². The minimum absolute atomic E-state index is 0.330. The Balaban J connectivity index is 1.54. The SMILES string of the molecule is CC(C=NNc1nnc2c(n1)[nH]c1ccccc12)=Cc1ccco1. The lowest BCUT2D eigenvalue weighted by Gasteiger charge is -1.97. The highest BCUT2D eigenvalue weighted by Crippen LogP contribution is 2.21. The van der Waals surface area contributed by atoms with Gasteiger partial charge >= 0.3 is 0 Å². The monoisotopic (exact) mass is 318 g/mol. The molecule has 0 fully saturated rings. The molecule has 0 unspecified atom stereocenters. The summed E-state index contributed by atoms with van der Waals surface area (Å²) < 4.78 is 5.25. The van der Waals surface area contributed by atoms with Gasteiger partial charge in [-0.2, -0.15) is 10.1 Å². The summed E-state index contributed by atoms with van der Waals surface area (Å²) in [7, 11) is 0. The third-order valence-corrected chi connectivity index (χ3v) is 3.47. The second-order valence-electron chi connectivity index (χ2n) is 5.28. The van der Waals surface area contributed by atoms with Crippen molar-refractivity contribution >= 4 is 40.3 Å². The summed E-state index contributed by atoms with van der Waals surface area (Å²) >= 11 is 0. The van der Waals surface area contributed by atoms with Crippen LogP contribution in [0.25, 0.3) is 28.1 Å². The topological polar surface area (TPSA) is 92.0 Å². The number of furan rings is 1. The maximum atomic E-state index is 5.25. The maximum Gasteiger partial charge on any atom is 0.265 e. The van der Waals surface area contributed by atoms with Crippen molar-refractivity contribution in [1.82, 2.24) is 20.2 Å². The molecule has 0 amide bonds. The van der Waals surface area contributed by atoms with Gasteiger partial charge in [-0.1, -0.05) is 18.2 Å². The molecule has 0 aliphatic carbocycles. The Labute approximate surface area is 137 Å². The van der Waals surface area contributed by atoms with Crippen LogP contribution in [0.3, 0.4) is 0 Å². The minimum Gasteiger partial charge on any atom is -0.465 e. The van der Waals surface area contributed by atoms with Crippen molar-refractivity contribution in [2.75, 3.05) is 5.43 Å². The molecule has 0 saturated carbocycles. The van der Waals surface area contributed by atoms with Crippen LogP contribution in [0.1, 0.15) is 12.7 Å². The predicted molar refractivity (Wildman–Crippen MR) is 93.7 cm³/mol. The van der Waals surface area contributed by atoms with E-state index in [9.17, 15) is 0 Å². The van der Waals surface area contributed by atoms with Gasteiger partial charge in [0.15, 0.2) is 5.65 Å². The summed E-state index contributed by atoms with van der Waals surface area (Å²) in [5, 5.41) is 13.4. The fraction of sp³-hybridized carbons (Fsp3) is 0.0588. The first-order valence-electron chi connectivity index (χ1n) is 7.41. The van der Waals surface area contributed by atoms with Crippen LogP contribution in [-0.4, -0.2) is 26.4 Å². The number of aromatic amines is 1. The Bertz CT molecular complexity index is 1050. The van der Waals surface area contributed by atoms with Gasteiger partial charge < -0.3 is 9.40 Å². The average molecular weight is 318 g/mol. The minimum atomic E-state index is 0.330. The summed E-state index contributed by atoms with van der Waals surface area (Å²) in [6, 6.07) is 11.6. The highest BCUT2D eigenvalue weighted by atomic mass is 16.3. The van der Waals surface area contributed by atoms with E-state index < -0.39 is 0 Å². The lowest BCUT2D eigenvalue weighted by Crippen LogP contribution is -1.98. The van der Waals surface area contributed by atoms with Gasteiger partial charge in [0.25, 0.3) is 5.95 Å². The molecule has 4 rings (SSSR count). The van der Waals surface area contributed by atoms with E-state index in [0.717, 1.165) is 27.8 Å². The van der Waals surface area contributed by atoms with Crippen molar-refractivity contribution in [3.05, 3.63) is 54.0 Å². The Morgan fingerprint density at radius 3 is 3.00 bits per heavy atom. The summed E-state index contributed by atoms with van der Waals surface area (Å²) in [4.78, 5) is 7.61. The van der Waals surface area contributed by atoms with Gasteiger partial charge in [0.2, 0.25) is 0 Å². The van der Waals surface area contributed by atoms with E-state index in [0.29, 0.717) is 11.6 Å². The third kappa shape index (κ3) is 2.74. The third-order valence-electron chi connectivity index (χ3n) is 3.47. The Morgan fingerprint density at radius 1 is 1.21 bits per heavy atom. The highest BCUT2D eigenvalue weighted by Gasteiger charge is 2.07. The number of anilines is 1. The van der Waals surface area contributed by atoms with Gasteiger partial charge in [-0.15, -0.1) is 10.2 Å². The fourth-order valence-corrected chi connectivity index (χ4v) is 2.39. The number of para-hydroxylation sites is 1. The van der Waals surface area contributed by atoms with Crippen molar-refractivity contribution in [2.45, 2.75) is 6.92 Å². The smallest absolute Gasteiger partial charge is 0.265 e. The normalized spacial score (nSPS) is 12.5. The highest BCUT2D eigenvalue weighted by molar-refractivity contribution is 6.03. The first-order chi connectivity index (χ1) is 11.8. The van der Waals surface area contributed by atoms with Crippen molar-refractivity contribution in [2.24, 2.45) is 5.10 Å². The number of allylic oxidation sites excluding steroid dienone is 1. The van der Waals surface area contributed by atoms with Gasteiger partial charge in [0.1, 0.15) is 11.3 Å². The number of nitrogens with zero attached hydrogens (tertiary/aromatic N) is 4. The van der Waals surface area contributed by atoms with Crippen LogP contribution in [0.4, 0.5) is 5.95 Å². The van der Waals surface area contributed by atoms with E-state index >= 15 is 0 Å². The molecular weight excluding hydrogens is 304 g/mol. The number of aromatic nitrogens is 4. The number of benzene rings is 1. The van der Waals surface area contributed by atoms with Crippen LogP contribution in [-0.2, 0) is 0 Å². The van der Waals surface area contributed by atoms with Crippen LogP contribution < -0.4 is 5.43 Å². The van der Waals surface area contributed by atoms with E-state index in [1.165, 1.54) is 0 Å². The summed E-state index contributed by atoms with van der Waals surface area (Å²) in [6.45, 7) is 1.92. The van der Waals surface area contributed by atoms with E-state index in [1.807, 2.05) is 49.4 Å². The van der Waals surface area contributed by atoms with Gasteiger partial charge in [-0.25, -0.2) is 5.43 Å². The number of hydrogen-bond acceptors (Lipinski definition) is 6. The molecule has 0 saturated heterocycles. The lowest BCUT2D eigenvalue weighted by molar-refractivity contribution is 0.557. The summed E-state index contributed by atoms with van der Waals surface area (Å²) in [6.07, 6.45) is 5.18. The van der Waals surface area contributed by atoms with E-state index in [2.05, 4.69) is 30.7 Å². The number of hydrazone groups is 1. The van der Waals surface area contributed by atoms with E-state index in [-0.39, 0.29) is 0 Å². The average Bonchev–Trinajstić information content (AvgIpc) is 3.21. The zero-order chi connectivity index (χ0) is 16.4. The molecule has 7 heteroatoms. The van der Waals surface area contributed by atoms with Crippen molar-refractivity contribution in [1.29, 1.82) is 0 Å². The van der Waals surface area contributed by atoms with E-state index in [1.54, 1.807) is 12.5 Å². The summed E-state index contributed by atoms with van der Waals surface area (Å²) in [5.41, 5.74) is 6.11. The quantitative estimate of drug-likeness (QED) is 0.443. The summed E-state index contributed by atoms with van der Waals surface area (Å²) in [5.74, 6) is 1.10. The molecule has 4 aromatic rings. The molecule has 0 aliphatic rings. The van der Waals surface area contributed by atoms with Gasteiger partial charge in [0, 0.05) is 10.9 Å². The molecular formula is C17H14N6O. The number of nitrogens with one attached hydrogen (secondary N) is 2. The molecule has 3 aromatic heterocycles. The Kier molecular flexibility index (Phi) is 3.51. The van der Waals surface area contributed by atoms with Crippen molar-refractivity contribution in [3.8, 4) is 0 Å². The van der Waals surface area contributed by atoms with Crippen LogP contribution in [0.2, 0.25) is 0 Å². The van der Waals surface area contributed by atoms with Gasteiger partial charge in [0.05, 0.1) is 12.5 Å². The van der Waals surface area contributed by atoms with Crippen molar-refractivity contribution < 1.29 is 4.42 Å². The lowest BCUT2D eigenvalue weighted by atomic mass is 10.2. The van der Waals surface area contributed by atoms with Gasteiger partial charge in [-0.3, -0.25) is 0 Å². The predicted octanol–water partition coefficient (Wildman–Crippen LogP) is 3.60. The molecule has 0 bridgehead atoms. The largest absolute Gasteiger partial charge is 0.465 e. The Hall–Kier alpha value is -3.48. The standard InChI is InChI=1S/C17H14N6O/c1-11(9-12-5-4-8-24-12)10-18-22-17-20-16-15(21-23-17)13-6-2-3-7-14(13)19-16/h2-10H,1H3,(H2,19,20,22,23). The van der Waals surface area contributed by atoms with Crippen LogP contribution >= 0.6 is 0 Å². The fourth-order valence-electron chi connectivity index (χ4n) is 2.39. The molecule has 118 valence electrons. The second-order valence-corrected chi connectivity index (χ2v) is 5.28. The number of H-pyrrole nitrogens is 1. The zero-order valence-electron chi connectivity index (χ0n) is 12.9. The molecule has 2 N–H and O–H groups in total. The molecule has 1 aromatic carbocycles. The van der Waals surface area contributed by atoms with Crippen LogP contribution in [0.5, 0.6) is 0 Å². The number of rotatable bonds is 4. The molecule has 0 atom stereocenters. The first-order valence-corrected chi connectivity index (χ1v) is 7.41. The molecule has 7 nitrogen and oxygen atoms in total. The van der Waals surface area contributed by atoms with Crippen LogP contribution in [0.15, 0.2) is 57.8 Å². The second kappa shape index (κ2) is 5.96. The first kappa shape index (κ1) is 14.1. The molecule has 0 aliphatic heterocycles.